The first-order valence-corrected chi connectivity index (χ1v) is 8.49. The second-order valence-electron chi connectivity index (χ2n) is 6.49. The topological polar surface area (TPSA) is 60.2 Å². The summed E-state index contributed by atoms with van der Waals surface area (Å²) in [6, 6.07) is 4.02. The Kier molecular flexibility index (Phi) is 5.13. The Morgan fingerprint density at radius 3 is 2.88 bits per heavy atom. The molecule has 1 atom stereocenters. The molecule has 1 aliphatic rings. The van der Waals surface area contributed by atoms with Crippen LogP contribution in [0.4, 0.5) is 4.79 Å². The Hall–Kier alpha value is -2.37. The first kappa shape index (κ1) is 16.5. The molecule has 0 N–H and O–H groups in total. The van der Waals surface area contributed by atoms with Gasteiger partial charge in [-0.15, -0.1) is 0 Å². The molecule has 0 saturated carbocycles. The number of likely N-dealkylation sites (tertiary alicyclic amines) is 1. The number of rotatable bonds is 4. The fraction of sp³-hybridized carbons (Fsp3) is 0.500. The zero-order valence-electron chi connectivity index (χ0n) is 14.3. The van der Waals surface area contributed by atoms with Gasteiger partial charge in [-0.2, -0.15) is 0 Å². The quantitative estimate of drug-likeness (QED) is 0.865. The third kappa shape index (κ3) is 3.93. The van der Waals surface area contributed by atoms with E-state index in [1.165, 1.54) is 5.56 Å². The van der Waals surface area contributed by atoms with E-state index in [0.29, 0.717) is 6.54 Å². The third-order valence-electron chi connectivity index (χ3n) is 4.23. The van der Waals surface area contributed by atoms with Gasteiger partial charge in [0.1, 0.15) is 5.82 Å². The van der Waals surface area contributed by atoms with Crippen molar-refractivity contribution in [3.05, 3.63) is 48.3 Å². The molecule has 1 saturated heterocycles. The lowest BCUT2D eigenvalue weighted by molar-refractivity contribution is 0.0675. The number of pyridine rings is 1. The largest absolute Gasteiger partial charge is 0.447 e. The van der Waals surface area contributed by atoms with E-state index >= 15 is 0 Å². The van der Waals surface area contributed by atoms with E-state index < -0.39 is 0 Å². The van der Waals surface area contributed by atoms with Gasteiger partial charge in [0, 0.05) is 50.3 Å². The first-order chi connectivity index (χ1) is 11.6. The SMILES string of the molecule is CC(C)OC(=O)N1CCC[C@H](c2nccn2Cc2ccncc2)C1. The fourth-order valence-electron chi connectivity index (χ4n) is 3.13. The molecule has 6 heteroatoms. The van der Waals surface area contributed by atoms with Gasteiger partial charge in [0.2, 0.25) is 0 Å². The summed E-state index contributed by atoms with van der Waals surface area (Å²) in [6.45, 7) is 5.94. The lowest BCUT2D eigenvalue weighted by Crippen LogP contribution is -2.40. The molecule has 2 aromatic rings. The number of nitrogens with zero attached hydrogens (tertiary/aromatic N) is 4. The lowest BCUT2D eigenvalue weighted by atomic mass is 9.97. The molecule has 1 amide bonds. The van der Waals surface area contributed by atoms with Crippen molar-refractivity contribution in [1.82, 2.24) is 19.4 Å². The Balaban J connectivity index is 1.70. The van der Waals surface area contributed by atoms with Crippen molar-refractivity contribution in [3.8, 4) is 0 Å². The number of ether oxygens (including phenoxy) is 1. The molecule has 1 aliphatic heterocycles. The van der Waals surface area contributed by atoms with Crippen molar-refractivity contribution >= 4 is 6.09 Å². The summed E-state index contributed by atoms with van der Waals surface area (Å²) >= 11 is 0. The number of carbonyl (C=O) groups is 1. The molecule has 0 unspecified atom stereocenters. The average Bonchev–Trinajstić information content (AvgIpc) is 3.03. The van der Waals surface area contributed by atoms with Crippen LogP contribution in [0.2, 0.25) is 0 Å². The summed E-state index contributed by atoms with van der Waals surface area (Å²) in [5.41, 5.74) is 1.19. The molecule has 0 bridgehead atoms. The van der Waals surface area contributed by atoms with E-state index in [0.717, 1.165) is 31.8 Å². The molecule has 2 aromatic heterocycles. The number of carbonyl (C=O) groups excluding carboxylic acids is 1. The van der Waals surface area contributed by atoms with E-state index in [-0.39, 0.29) is 18.1 Å². The van der Waals surface area contributed by atoms with Gasteiger partial charge in [-0.05, 0) is 44.4 Å². The summed E-state index contributed by atoms with van der Waals surface area (Å²) < 4.78 is 7.50. The van der Waals surface area contributed by atoms with E-state index in [9.17, 15) is 4.79 Å². The number of aromatic nitrogens is 3. The first-order valence-electron chi connectivity index (χ1n) is 8.49. The van der Waals surface area contributed by atoms with Gasteiger partial charge in [0.05, 0.1) is 6.10 Å². The Morgan fingerprint density at radius 1 is 1.33 bits per heavy atom. The van der Waals surface area contributed by atoms with Gasteiger partial charge in [-0.1, -0.05) is 0 Å². The average molecular weight is 328 g/mol. The second kappa shape index (κ2) is 7.47. The van der Waals surface area contributed by atoms with Crippen LogP contribution in [-0.4, -0.2) is 44.7 Å². The predicted octanol–water partition coefficient (Wildman–Crippen LogP) is 3.05. The molecule has 0 aromatic carbocycles. The maximum absolute atomic E-state index is 12.2. The van der Waals surface area contributed by atoms with Crippen LogP contribution < -0.4 is 0 Å². The van der Waals surface area contributed by atoms with E-state index in [1.807, 2.05) is 38.4 Å². The molecule has 24 heavy (non-hydrogen) atoms. The minimum Gasteiger partial charge on any atom is -0.447 e. The second-order valence-corrected chi connectivity index (χ2v) is 6.49. The fourth-order valence-corrected chi connectivity index (χ4v) is 3.13. The third-order valence-corrected chi connectivity index (χ3v) is 4.23. The molecule has 1 fully saturated rings. The highest BCUT2D eigenvalue weighted by Gasteiger charge is 2.28. The van der Waals surface area contributed by atoms with Crippen LogP contribution in [0.3, 0.4) is 0 Å². The molecule has 128 valence electrons. The van der Waals surface area contributed by atoms with Gasteiger partial charge in [-0.25, -0.2) is 9.78 Å². The minimum absolute atomic E-state index is 0.0912. The van der Waals surface area contributed by atoms with E-state index in [4.69, 9.17) is 4.74 Å². The Labute approximate surface area is 142 Å². The molecule has 0 radical (unpaired) electrons. The molecular formula is C18H24N4O2. The van der Waals surface area contributed by atoms with Crippen LogP contribution in [0.5, 0.6) is 0 Å². The molecule has 3 rings (SSSR count). The van der Waals surface area contributed by atoms with Crippen molar-refractivity contribution < 1.29 is 9.53 Å². The van der Waals surface area contributed by atoms with Gasteiger partial charge in [-0.3, -0.25) is 4.98 Å². The van der Waals surface area contributed by atoms with Gasteiger partial charge >= 0.3 is 6.09 Å². The monoisotopic (exact) mass is 328 g/mol. The Morgan fingerprint density at radius 2 is 2.12 bits per heavy atom. The minimum atomic E-state index is -0.220. The number of imidazole rings is 1. The van der Waals surface area contributed by atoms with Crippen molar-refractivity contribution in [3.63, 3.8) is 0 Å². The molecular weight excluding hydrogens is 304 g/mol. The van der Waals surface area contributed by atoms with Crippen molar-refractivity contribution in [2.24, 2.45) is 0 Å². The molecule has 0 aliphatic carbocycles. The van der Waals surface area contributed by atoms with Gasteiger partial charge < -0.3 is 14.2 Å². The van der Waals surface area contributed by atoms with Crippen molar-refractivity contribution in [2.45, 2.75) is 45.3 Å². The van der Waals surface area contributed by atoms with Crippen LogP contribution in [0, 0.1) is 0 Å². The predicted molar refractivity (Wildman–Crippen MR) is 90.7 cm³/mol. The highest BCUT2D eigenvalue weighted by Crippen LogP contribution is 2.26. The maximum atomic E-state index is 12.2. The number of piperidine rings is 1. The molecule has 3 heterocycles. The summed E-state index contributed by atoms with van der Waals surface area (Å²) in [7, 11) is 0. The van der Waals surface area contributed by atoms with E-state index in [2.05, 4.69) is 14.5 Å². The standard InChI is InChI=1S/C18H24N4O2/c1-14(2)24-18(23)22-10-3-4-16(13-22)17-20-9-11-21(17)12-15-5-7-19-8-6-15/h5-9,11,14,16H,3-4,10,12-13H2,1-2H3/t16-/m0/s1. The smallest absolute Gasteiger partial charge is 0.410 e. The highest BCUT2D eigenvalue weighted by atomic mass is 16.6. The summed E-state index contributed by atoms with van der Waals surface area (Å²) in [5.74, 6) is 1.28. The van der Waals surface area contributed by atoms with Crippen LogP contribution in [-0.2, 0) is 11.3 Å². The van der Waals surface area contributed by atoms with Crippen LogP contribution >= 0.6 is 0 Å². The summed E-state index contributed by atoms with van der Waals surface area (Å²) in [4.78, 5) is 22.6. The van der Waals surface area contributed by atoms with Crippen LogP contribution in [0.25, 0.3) is 0 Å². The van der Waals surface area contributed by atoms with Crippen molar-refractivity contribution in [2.75, 3.05) is 13.1 Å². The maximum Gasteiger partial charge on any atom is 0.410 e. The number of hydrogen-bond acceptors (Lipinski definition) is 4. The van der Waals surface area contributed by atoms with Crippen LogP contribution in [0.15, 0.2) is 36.9 Å². The van der Waals surface area contributed by atoms with Crippen molar-refractivity contribution in [1.29, 1.82) is 0 Å². The van der Waals surface area contributed by atoms with Gasteiger partial charge in [0.25, 0.3) is 0 Å². The lowest BCUT2D eigenvalue weighted by Gasteiger charge is -2.32. The normalized spacial score (nSPS) is 18.0. The number of hydrogen-bond donors (Lipinski definition) is 0. The van der Waals surface area contributed by atoms with E-state index in [1.54, 1.807) is 17.3 Å². The van der Waals surface area contributed by atoms with Gasteiger partial charge in [0.15, 0.2) is 0 Å². The summed E-state index contributed by atoms with van der Waals surface area (Å²) in [5, 5.41) is 0. The molecule has 0 spiro atoms. The summed E-state index contributed by atoms with van der Waals surface area (Å²) in [6.07, 6.45) is 9.14. The Bertz CT molecular complexity index is 669. The molecule has 6 nitrogen and oxygen atoms in total. The zero-order chi connectivity index (χ0) is 16.9. The zero-order valence-corrected chi connectivity index (χ0v) is 14.3. The highest BCUT2D eigenvalue weighted by molar-refractivity contribution is 5.68. The van der Waals surface area contributed by atoms with Crippen LogP contribution in [0.1, 0.15) is 44.0 Å². The number of amides is 1.